The molecule has 0 aliphatic carbocycles. The molecule has 0 bridgehead atoms. The first-order valence-corrected chi connectivity index (χ1v) is 10.4. The summed E-state index contributed by atoms with van der Waals surface area (Å²) in [5.41, 5.74) is -0.891. The van der Waals surface area contributed by atoms with Crippen LogP contribution in [0.15, 0.2) is 41.1 Å². The maximum absolute atomic E-state index is 13.4. The van der Waals surface area contributed by atoms with Crippen molar-refractivity contribution in [3.63, 3.8) is 0 Å². The molecule has 0 saturated carbocycles. The number of hydrogen-bond donors (Lipinski definition) is 1. The van der Waals surface area contributed by atoms with E-state index < -0.39 is 29.6 Å². The summed E-state index contributed by atoms with van der Waals surface area (Å²) in [6.45, 7) is -0.173. The van der Waals surface area contributed by atoms with Crippen molar-refractivity contribution in [2.45, 2.75) is 31.2 Å². The molecule has 3 aromatic rings. The lowest BCUT2D eigenvalue weighted by Gasteiger charge is -2.27. The molecule has 1 aliphatic rings. The smallest absolute Gasteiger partial charge is 0.417 e. The van der Waals surface area contributed by atoms with Gasteiger partial charge in [0.25, 0.3) is 5.91 Å². The first-order chi connectivity index (χ1) is 16.2. The maximum Gasteiger partial charge on any atom is 0.417 e. The van der Waals surface area contributed by atoms with Gasteiger partial charge in [-0.2, -0.15) is 13.2 Å². The number of halogens is 5. The molecule has 1 N–H and O–H groups in total. The third kappa shape index (κ3) is 5.81. The predicted octanol–water partition coefficient (Wildman–Crippen LogP) is 4.36. The average Bonchev–Trinajstić information content (AvgIpc) is 3.30. The lowest BCUT2D eigenvalue weighted by atomic mass is 10.0. The van der Waals surface area contributed by atoms with Crippen molar-refractivity contribution in [2.75, 3.05) is 13.2 Å². The number of carbonyl (C=O) groups is 1. The molecule has 8 nitrogen and oxygen atoms in total. The first kappa shape index (κ1) is 23.9. The Kier molecular flexibility index (Phi) is 6.98. The van der Waals surface area contributed by atoms with Crippen molar-refractivity contribution in [3.8, 4) is 17.2 Å². The molecule has 0 unspecified atom stereocenters. The topological polar surface area (TPSA) is 99.4 Å². The molecule has 1 aromatic carbocycles. The SMILES string of the molecule is O=C(COc1ccc(Cl)c(F)c1)N[C@H]1CC[C@@H](c2nnc(-c3cncc(C(F)(F)F)c3)o2)OC1. The van der Waals surface area contributed by atoms with Crippen molar-refractivity contribution in [1.82, 2.24) is 20.5 Å². The molecule has 13 heteroatoms. The van der Waals surface area contributed by atoms with Crippen molar-refractivity contribution in [1.29, 1.82) is 0 Å². The van der Waals surface area contributed by atoms with Crippen molar-refractivity contribution in [3.05, 3.63) is 59.0 Å². The van der Waals surface area contributed by atoms with Gasteiger partial charge in [-0.3, -0.25) is 9.78 Å². The molecule has 1 saturated heterocycles. The zero-order valence-corrected chi connectivity index (χ0v) is 18.1. The molecule has 180 valence electrons. The van der Waals surface area contributed by atoms with Crippen LogP contribution in [0.1, 0.15) is 30.4 Å². The van der Waals surface area contributed by atoms with Gasteiger partial charge in [-0.05, 0) is 31.0 Å². The summed E-state index contributed by atoms with van der Waals surface area (Å²) in [6.07, 6.45) is -2.26. The number of rotatable bonds is 6. The number of aromatic nitrogens is 3. The zero-order chi connectivity index (χ0) is 24.3. The van der Waals surface area contributed by atoms with E-state index in [-0.39, 0.29) is 47.4 Å². The van der Waals surface area contributed by atoms with Crippen LogP contribution in [0.4, 0.5) is 17.6 Å². The van der Waals surface area contributed by atoms with Gasteiger partial charge in [0.1, 0.15) is 17.7 Å². The highest BCUT2D eigenvalue weighted by Crippen LogP contribution is 2.33. The minimum Gasteiger partial charge on any atom is -0.484 e. The van der Waals surface area contributed by atoms with E-state index in [1.54, 1.807) is 0 Å². The van der Waals surface area contributed by atoms with Gasteiger partial charge in [0.05, 0.1) is 28.8 Å². The standard InChI is InChI=1S/C21H17ClF4N4O4/c22-15-3-2-14(6-16(15)23)32-10-18(31)28-13-1-4-17(33-9-13)20-30-29-19(34-20)11-5-12(8-27-7-11)21(24,25)26/h2-3,5-8,13,17H,1,4,9-10H2,(H,28,31)/t13-,17-/m0/s1. The number of benzene rings is 1. The third-order valence-corrected chi connectivity index (χ3v) is 5.24. The number of nitrogens with one attached hydrogen (secondary N) is 1. The monoisotopic (exact) mass is 500 g/mol. The number of nitrogens with zero attached hydrogens (tertiary/aromatic N) is 3. The van der Waals surface area contributed by atoms with Gasteiger partial charge in [-0.1, -0.05) is 11.6 Å². The van der Waals surface area contributed by atoms with Crippen LogP contribution in [0.5, 0.6) is 5.75 Å². The zero-order valence-electron chi connectivity index (χ0n) is 17.3. The molecule has 4 rings (SSSR count). The van der Waals surface area contributed by atoms with E-state index in [1.165, 1.54) is 18.3 Å². The van der Waals surface area contributed by atoms with Crippen molar-refractivity contribution in [2.24, 2.45) is 0 Å². The molecule has 1 amide bonds. The fourth-order valence-electron chi connectivity index (χ4n) is 3.24. The van der Waals surface area contributed by atoms with Gasteiger partial charge < -0.3 is 19.2 Å². The molecule has 1 aliphatic heterocycles. The van der Waals surface area contributed by atoms with Gasteiger partial charge in [0.2, 0.25) is 11.8 Å². The second-order valence-electron chi connectivity index (χ2n) is 7.43. The van der Waals surface area contributed by atoms with Gasteiger partial charge in [-0.15, -0.1) is 10.2 Å². The van der Waals surface area contributed by atoms with E-state index in [0.29, 0.717) is 19.0 Å². The van der Waals surface area contributed by atoms with Gasteiger partial charge >= 0.3 is 6.18 Å². The van der Waals surface area contributed by atoms with Gasteiger partial charge in [0.15, 0.2) is 6.61 Å². The number of amides is 1. The number of carbonyl (C=O) groups excluding carboxylic acids is 1. The first-order valence-electron chi connectivity index (χ1n) is 10.0. The average molecular weight is 501 g/mol. The van der Waals surface area contributed by atoms with E-state index >= 15 is 0 Å². The van der Waals surface area contributed by atoms with E-state index in [0.717, 1.165) is 12.1 Å². The van der Waals surface area contributed by atoms with Crippen molar-refractivity contribution < 1.29 is 36.2 Å². The summed E-state index contributed by atoms with van der Waals surface area (Å²) in [5.74, 6) is -0.895. The van der Waals surface area contributed by atoms with Crippen LogP contribution in [0, 0.1) is 5.82 Å². The summed E-state index contributed by atoms with van der Waals surface area (Å²) in [6, 6.07) is 4.42. The Hall–Kier alpha value is -3.25. The van der Waals surface area contributed by atoms with Crippen LogP contribution in [0.3, 0.4) is 0 Å². The quantitative estimate of drug-likeness (QED) is 0.502. The summed E-state index contributed by atoms with van der Waals surface area (Å²) >= 11 is 5.60. The molecule has 2 atom stereocenters. The van der Waals surface area contributed by atoms with Crippen LogP contribution >= 0.6 is 11.6 Å². The minimum atomic E-state index is -4.55. The molecule has 0 radical (unpaired) electrons. The lowest BCUT2D eigenvalue weighted by molar-refractivity contribution is -0.137. The largest absolute Gasteiger partial charge is 0.484 e. The highest BCUT2D eigenvalue weighted by molar-refractivity contribution is 6.30. The van der Waals surface area contributed by atoms with Gasteiger partial charge in [-0.25, -0.2) is 4.39 Å². The molecule has 34 heavy (non-hydrogen) atoms. The Balaban J connectivity index is 1.27. The second kappa shape index (κ2) is 9.94. The molecule has 0 spiro atoms. The fourth-order valence-corrected chi connectivity index (χ4v) is 3.36. The Morgan fingerprint density at radius 1 is 1.21 bits per heavy atom. The second-order valence-corrected chi connectivity index (χ2v) is 7.84. The van der Waals surface area contributed by atoms with Crippen LogP contribution in [0.2, 0.25) is 5.02 Å². The number of alkyl halides is 3. The minimum absolute atomic E-state index is 0.0371. The molecular weight excluding hydrogens is 484 g/mol. The van der Waals surface area contributed by atoms with Crippen LogP contribution < -0.4 is 10.1 Å². The normalized spacial score (nSPS) is 18.5. The number of ether oxygens (including phenoxy) is 2. The van der Waals surface area contributed by atoms with E-state index in [1.807, 2.05) is 0 Å². The van der Waals surface area contributed by atoms with E-state index in [2.05, 4.69) is 20.5 Å². The maximum atomic E-state index is 13.4. The van der Waals surface area contributed by atoms with Crippen LogP contribution in [-0.2, 0) is 15.7 Å². The molecule has 2 aromatic heterocycles. The fraction of sp³-hybridized carbons (Fsp3) is 0.333. The van der Waals surface area contributed by atoms with Crippen LogP contribution in [-0.4, -0.2) is 40.3 Å². The van der Waals surface area contributed by atoms with Crippen molar-refractivity contribution >= 4 is 17.5 Å². The Bertz CT molecular complexity index is 1170. The summed E-state index contributed by atoms with van der Waals surface area (Å²) in [5, 5.41) is 10.4. The Labute approximate surface area is 195 Å². The number of pyridine rings is 1. The lowest BCUT2D eigenvalue weighted by Crippen LogP contribution is -2.43. The number of hydrogen-bond acceptors (Lipinski definition) is 7. The Morgan fingerprint density at radius 3 is 2.74 bits per heavy atom. The predicted molar refractivity (Wildman–Crippen MR) is 109 cm³/mol. The van der Waals surface area contributed by atoms with Gasteiger partial charge in [0, 0.05) is 18.5 Å². The highest BCUT2D eigenvalue weighted by atomic mass is 35.5. The Morgan fingerprint density at radius 2 is 2.03 bits per heavy atom. The highest BCUT2D eigenvalue weighted by Gasteiger charge is 2.32. The summed E-state index contributed by atoms with van der Waals surface area (Å²) < 4.78 is 68.5. The van der Waals surface area contributed by atoms with E-state index in [9.17, 15) is 22.4 Å². The molecule has 3 heterocycles. The molecule has 1 fully saturated rings. The summed E-state index contributed by atoms with van der Waals surface area (Å²) in [7, 11) is 0. The summed E-state index contributed by atoms with van der Waals surface area (Å²) in [4.78, 5) is 15.7. The van der Waals surface area contributed by atoms with E-state index in [4.69, 9.17) is 25.5 Å². The van der Waals surface area contributed by atoms with Crippen LogP contribution in [0.25, 0.3) is 11.5 Å². The molecular formula is C21H17ClF4N4O4. The third-order valence-electron chi connectivity index (χ3n) is 4.93.